The molecule has 1 heterocycles. The van der Waals surface area contributed by atoms with Crippen LogP contribution in [0.25, 0.3) is 6.08 Å². The third-order valence-corrected chi connectivity index (χ3v) is 2.80. The maximum absolute atomic E-state index is 11.6. The number of amides is 1. The van der Waals surface area contributed by atoms with E-state index < -0.39 is 11.9 Å². The average molecular weight is 275 g/mol. The number of hydrogen-bond acceptors (Lipinski definition) is 5. The monoisotopic (exact) mass is 275 g/mol. The molecule has 2 aromatic rings. The topological polar surface area (TPSA) is 92.2 Å². The molecule has 1 aromatic heterocycles. The zero-order chi connectivity index (χ0) is 13.7. The van der Waals surface area contributed by atoms with Gasteiger partial charge < -0.3 is 10.4 Å². The number of carbonyl (C=O) groups is 2. The molecule has 0 unspecified atom stereocenters. The second-order valence-corrected chi connectivity index (χ2v) is 4.24. The van der Waals surface area contributed by atoms with Gasteiger partial charge >= 0.3 is 5.97 Å². The highest BCUT2D eigenvalue weighted by atomic mass is 32.1. The largest absolute Gasteiger partial charge is 0.476 e. The molecule has 19 heavy (non-hydrogen) atoms. The highest BCUT2D eigenvalue weighted by Crippen LogP contribution is 2.17. The number of hydrogen-bond donors (Lipinski definition) is 2. The van der Waals surface area contributed by atoms with Crippen LogP contribution in [0, 0.1) is 0 Å². The Hall–Kier alpha value is -2.54. The van der Waals surface area contributed by atoms with Crippen LogP contribution < -0.4 is 5.32 Å². The number of carbonyl (C=O) groups excluding carboxylic acids is 1. The van der Waals surface area contributed by atoms with Crippen LogP contribution in [0.1, 0.15) is 16.1 Å². The van der Waals surface area contributed by atoms with Crippen molar-refractivity contribution >= 4 is 34.5 Å². The Morgan fingerprint density at radius 2 is 2.00 bits per heavy atom. The summed E-state index contributed by atoms with van der Waals surface area (Å²) >= 11 is 0.820. The summed E-state index contributed by atoms with van der Waals surface area (Å²) in [5.74, 6) is -1.66. The van der Waals surface area contributed by atoms with E-state index in [0.29, 0.717) is 0 Å². The summed E-state index contributed by atoms with van der Waals surface area (Å²) in [6.45, 7) is 0. The van der Waals surface area contributed by atoms with Gasteiger partial charge in [-0.2, -0.15) is 0 Å². The first-order valence-corrected chi connectivity index (χ1v) is 6.04. The Bertz CT molecular complexity index is 622. The predicted molar refractivity (Wildman–Crippen MR) is 71.0 cm³/mol. The fourth-order valence-corrected chi connectivity index (χ4v) is 1.87. The number of benzene rings is 1. The number of carboxylic acids is 1. The van der Waals surface area contributed by atoms with Gasteiger partial charge in [-0.1, -0.05) is 34.8 Å². The molecule has 0 aliphatic rings. The fraction of sp³-hybridized carbons (Fsp3) is 0. The Morgan fingerprint density at radius 3 is 2.68 bits per heavy atom. The van der Waals surface area contributed by atoms with Gasteiger partial charge in [0.2, 0.25) is 11.6 Å². The predicted octanol–water partition coefficient (Wildman–Crippen LogP) is 1.89. The van der Waals surface area contributed by atoms with Crippen LogP contribution in [0.5, 0.6) is 0 Å². The molecule has 0 aliphatic carbocycles. The molecular formula is C12H9N3O3S. The summed E-state index contributed by atoms with van der Waals surface area (Å²) in [5.41, 5.74) is 0.616. The Balaban J connectivity index is 2.04. The van der Waals surface area contributed by atoms with Gasteiger partial charge in [-0.15, -0.1) is 5.10 Å². The molecule has 7 heteroatoms. The fourth-order valence-electron chi connectivity index (χ4n) is 1.30. The van der Waals surface area contributed by atoms with Gasteiger partial charge in [0.25, 0.3) is 0 Å². The van der Waals surface area contributed by atoms with Crippen molar-refractivity contribution in [1.82, 2.24) is 9.59 Å². The molecule has 0 atom stereocenters. The lowest BCUT2D eigenvalue weighted by atomic mass is 10.2. The molecule has 0 spiro atoms. The normalized spacial score (nSPS) is 10.5. The van der Waals surface area contributed by atoms with Crippen LogP contribution in [0.2, 0.25) is 0 Å². The number of nitrogens with one attached hydrogen (secondary N) is 1. The molecule has 0 bridgehead atoms. The standard InChI is InChI=1S/C12H9N3O3S/c16-9(7-6-8-4-2-1-3-5-8)13-11-10(12(17)18)14-15-19-11/h1-7H,(H,13,16)(H,17,18)/b7-6+. The van der Waals surface area contributed by atoms with Crippen molar-refractivity contribution in [3.8, 4) is 0 Å². The van der Waals surface area contributed by atoms with E-state index >= 15 is 0 Å². The van der Waals surface area contributed by atoms with Crippen molar-refractivity contribution in [3.05, 3.63) is 47.7 Å². The average Bonchev–Trinajstić information content (AvgIpc) is 2.86. The Labute approximate surface area is 112 Å². The summed E-state index contributed by atoms with van der Waals surface area (Å²) in [4.78, 5) is 22.4. The van der Waals surface area contributed by atoms with Gasteiger partial charge in [0, 0.05) is 17.6 Å². The second kappa shape index (κ2) is 5.87. The Morgan fingerprint density at radius 1 is 1.26 bits per heavy atom. The second-order valence-electron chi connectivity index (χ2n) is 3.49. The third-order valence-electron chi connectivity index (χ3n) is 2.15. The summed E-state index contributed by atoms with van der Waals surface area (Å²) in [6.07, 6.45) is 2.95. The molecule has 0 fully saturated rings. The molecule has 0 saturated carbocycles. The molecule has 6 nitrogen and oxygen atoms in total. The minimum absolute atomic E-state index is 0.121. The van der Waals surface area contributed by atoms with E-state index in [2.05, 4.69) is 14.9 Å². The molecule has 0 saturated heterocycles. The minimum Gasteiger partial charge on any atom is -0.476 e. The maximum Gasteiger partial charge on any atom is 0.359 e. The van der Waals surface area contributed by atoms with Gasteiger partial charge in [0.05, 0.1) is 0 Å². The summed E-state index contributed by atoms with van der Waals surface area (Å²) in [6, 6.07) is 9.28. The molecular weight excluding hydrogens is 266 g/mol. The first kappa shape index (κ1) is 12.9. The van der Waals surface area contributed by atoms with E-state index in [1.807, 2.05) is 30.3 Å². The van der Waals surface area contributed by atoms with Gasteiger partial charge in [-0.05, 0) is 11.6 Å². The smallest absolute Gasteiger partial charge is 0.359 e. The minimum atomic E-state index is -1.23. The van der Waals surface area contributed by atoms with Crippen molar-refractivity contribution < 1.29 is 14.7 Å². The van der Waals surface area contributed by atoms with E-state index in [4.69, 9.17) is 5.11 Å². The molecule has 0 radical (unpaired) electrons. The summed E-state index contributed by atoms with van der Waals surface area (Å²) in [5, 5.41) is 14.8. The van der Waals surface area contributed by atoms with E-state index in [1.54, 1.807) is 6.08 Å². The number of aromatic nitrogens is 2. The van der Waals surface area contributed by atoms with E-state index in [1.165, 1.54) is 6.08 Å². The zero-order valence-electron chi connectivity index (χ0n) is 9.61. The lowest BCUT2D eigenvalue weighted by molar-refractivity contribution is -0.111. The quantitative estimate of drug-likeness (QED) is 0.831. The number of aromatic carboxylic acids is 1. The van der Waals surface area contributed by atoms with Crippen LogP contribution in [0.4, 0.5) is 5.00 Å². The number of carboxylic acid groups (broad SMARTS) is 1. The van der Waals surface area contributed by atoms with Crippen molar-refractivity contribution in [2.75, 3.05) is 5.32 Å². The third kappa shape index (κ3) is 3.46. The highest BCUT2D eigenvalue weighted by Gasteiger charge is 2.16. The molecule has 2 rings (SSSR count). The Kier molecular flexibility index (Phi) is 3.99. The first-order valence-electron chi connectivity index (χ1n) is 5.26. The highest BCUT2D eigenvalue weighted by molar-refractivity contribution is 7.10. The molecule has 1 amide bonds. The van der Waals surface area contributed by atoms with Crippen molar-refractivity contribution in [1.29, 1.82) is 0 Å². The molecule has 96 valence electrons. The van der Waals surface area contributed by atoms with E-state index in [-0.39, 0.29) is 10.7 Å². The number of nitrogens with zero attached hydrogens (tertiary/aromatic N) is 2. The summed E-state index contributed by atoms with van der Waals surface area (Å²) in [7, 11) is 0. The van der Waals surface area contributed by atoms with Gasteiger partial charge in [-0.25, -0.2) is 4.79 Å². The van der Waals surface area contributed by atoms with Crippen LogP contribution in [0.15, 0.2) is 36.4 Å². The van der Waals surface area contributed by atoms with Gasteiger partial charge in [0.15, 0.2) is 5.00 Å². The lowest BCUT2D eigenvalue weighted by Crippen LogP contribution is -2.10. The van der Waals surface area contributed by atoms with Crippen molar-refractivity contribution in [2.45, 2.75) is 0 Å². The van der Waals surface area contributed by atoms with Gasteiger partial charge in [0.1, 0.15) is 0 Å². The van der Waals surface area contributed by atoms with Gasteiger partial charge in [-0.3, -0.25) is 4.79 Å². The van der Waals surface area contributed by atoms with Crippen LogP contribution in [-0.4, -0.2) is 26.6 Å². The first-order chi connectivity index (χ1) is 9.16. The summed E-state index contributed by atoms with van der Waals surface area (Å²) < 4.78 is 3.49. The molecule has 0 aliphatic heterocycles. The van der Waals surface area contributed by atoms with Crippen LogP contribution >= 0.6 is 11.5 Å². The SMILES string of the molecule is O=C(/C=C/c1ccccc1)Nc1snnc1C(=O)O. The number of anilines is 1. The molecule has 2 N–H and O–H groups in total. The maximum atomic E-state index is 11.6. The van der Waals surface area contributed by atoms with Crippen LogP contribution in [0.3, 0.4) is 0 Å². The van der Waals surface area contributed by atoms with Crippen molar-refractivity contribution in [3.63, 3.8) is 0 Å². The van der Waals surface area contributed by atoms with Crippen LogP contribution in [-0.2, 0) is 4.79 Å². The van der Waals surface area contributed by atoms with E-state index in [0.717, 1.165) is 17.1 Å². The lowest BCUT2D eigenvalue weighted by Gasteiger charge is -1.97. The number of rotatable bonds is 4. The van der Waals surface area contributed by atoms with E-state index in [9.17, 15) is 9.59 Å². The van der Waals surface area contributed by atoms with Crippen molar-refractivity contribution in [2.24, 2.45) is 0 Å². The molecule has 1 aromatic carbocycles. The zero-order valence-corrected chi connectivity index (χ0v) is 10.4.